The summed E-state index contributed by atoms with van der Waals surface area (Å²) in [6, 6.07) is 11.3. The van der Waals surface area contributed by atoms with Gasteiger partial charge in [0.25, 0.3) is 17.5 Å². The fraction of sp³-hybridized carbons (Fsp3) is 0.182. The first-order chi connectivity index (χ1) is 15.9. The molecule has 10 nitrogen and oxygen atoms in total. The highest BCUT2D eigenvalue weighted by atomic mass is 32.1. The summed E-state index contributed by atoms with van der Waals surface area (Å²) in [5, 5.41) is 16.0. The summed E-state index contributed by atoms with van der Waals surface area (Å²) in [4.78, 5) is 53.3. The van der Waals surface area contributed by atoms with Gasteiger partial charge in [0.2, 0.25) is 5.91 Å². The third-order valence-electron chi connectivity index (χ3n) is 4.95. The molecular weight excluding hydrogens is 448 g/mol. The number of fused-ring (bicyclic) bond motifs is 1. The lowest BCUT2D eigenvalue weighted by Gasteiger charge is -2.12. The van der Waals surface area contributed by atoms with Crippen molar-refractivity contribution < 1.29 is 24.0 Å². The van der Waals surface area contributed by atoms with Crippen LogP contribution in [0.1, 0.15) is 34.1 Å². The maximum Gasteiger partial charge on any atom is 0.282 e. The first-order valence-electron chi connectivity index (χ1n) is 10.0. The predicted octanol–water partition coefficient (Wildman–Crippen LogP) is 3.74. The second-order valence-corrected chi connectivity index (χ2v) is 7.84. The molecule has 0 radical (unpaired) electrons. The molecule has 168 valence electrons. The molecule has 1 N–H and O–H groups in total. The van der Waals surface area contributed by atoms with Crippen molar-refractivity contribution >= 4 is 39.9 Å². The number of carbonyl (C=O) groups is 3. The summed E-state index contributed by atoms with van der Waals surface area (Å²) in [7, 11) is 0. The molecule has 33 heavy (non-hydrogen) atoms. The monoisotopic (exact) mass is 466 g/mol. The van der Waals surface area contributed by atoms with E-state index in [-0.39, 0.29) is 24.1 Å². The number of ether oxygens (including phenoxy) is 1. The number of carbonyl (C=O) groups excluding carboxylic acids is 3. The van der Waals surface area contributed by atoms with Crippen molar-refractivity contribution in [3.63, 3.8) is 0 Å². The lowest BCUT2D eigenvalue weighted by molar-refractivity contribution is -0.385. The third-order valence-corrected chi connectivity index (χ3v) is 5.71. The van der Waals surface area contributed by atoms with E-state index in [2.05, 4.69) is 10.3 Å². The van der Waals surface area contributed by atoms with Crippen LogP contribution in [0.3, 0.4) is 0 Å². The number of benzene rings is 2. The molecule has 3 amide bonds. The highest BCUT2D eigenvalue weighted by molar-refractivity contribution is 7.14. The van der Waals surface area contributed by atoms with Crippen LogP contribution in [0.15, 0.2) is 47.8 Å². The Labute approximate surface area is 192 Å². The Morgan fingerprint density at radius 1 is 1.15 bits per heavy atom. The number of amides is 3. The molecule has 1 aromatic heterocycles. The van der Waals surface area contributed by atoms with Gasteiger partial charge in [0.05, 0.1) is 22.8 Å². The van der Waals surface area contributed by atoms with Crippen LogP contribution in [0.4, 0.5) is 10.8 Å². The summed E-state index contributed by atoms with van der Waals surface area (Å²) in [5.74, 6) is -1.20. The number of nitrogens with one attached hydrogen (secondary N) is 1. The Kier molecular flexibility index (Phi) is 6.13. The summed E-state index contributed by atoms with van der Waals surface area (Å²) >= 11 is 1.23. The van der Waals surface area contributed by atoms with Crippen molar-refractivity contribution in [1.29, 1.82) is 0 Å². The number of nitrogens with zero attached hydrogens (tertiary/aromatic N) is 3. The van der Waals surface area contributed by atoms with Gasteiger partial charge >= 0.3 is 0 Å². The van der Waals surface area contributed by atoms with Crippen LogP contribution in [0.2, 0.25) is 0 Å². The van der Waals surface area contributed by atoms with E-state index in [4.69, 9.17) is 4.74 Å². The predicted molar refractivity (Wildman–Crippen MR) is 120 cm³/mol. The number of hydrogen-bond acceptors (Lipinski definition) is 8. The number of imide groups is 1. The van der Waals surface area contributed by atoms with Gasteiger partial charge in [-0.25, -0.2) is 4.98 Å². The smallest absolute Gasteiger partial charge is 0.282 e. The molecule has 0 saturated heterocycles. The second kappa shape index (κ2) is 9.17. The average Bonchev–Trinajstić information content (AvgIpc) is 3.35. The highest BCUT2D eigenvalue weighted by Crippen LogP contribution is 2.33. The highest BCUT2D eigenvalue weighted by Gasteiger charge is 2.40. The zero-order valence-corrected chi connectivity index (χ0v) is 18.3. The molecule has 0 aliphatic carbocycles. The van der Waals surface area contributed by atoms with Crippen LogP contribution < -0.4 is 10.1 Å². The summed E-state index contributed by atoms with van der Waals surface area (Å²) in [6.45, 7) is 2.18. The number of aromatic nitrogens is 1. The number of hydrogen-bond donors (Lipinski definition) is 1. The Morgan fingerprint density at radius 2 is 1.91 bits per heavy atom. The van der Waals surface area contributed by atoms with Crippen LogP contribution in [0.5, 0.6) is 5.75 Å². The minimum Gasteiger partial charge on any atom is -0.493 e. The molecule has 0 atom stereocenters. The van der Waals surface area contributed by atoms with E-state index in [1.165, 1.54) is 29.5 Å². The minimum atomic E-state index is -0.779. The topological polar surface area (TPSA) is 132 Å². The fourth-order valence-electron chi connectivity index (χ4n) is 3.48. The molecule has 4 rings (SSSR count). The number of rotatable bonds is 8. The molecule has 2 heterocycles. The summed E-state index contributed by atoms with van der Waals surface area (Å²) < 4.78 is 5.61. The van der Waals surface area contributed by atoms with Crippen molar-refractivity contribution in [1.82, 2.24) is 9.88 Å². The second-order valence-electron chi connectivity index (χ2n) is 6.98. The number of nitro groups is 1. The Morgan fingerprint density at radius 3 is 2.67 bits per heavy atom. The lowest BCUT2D eigenvalue weighted by atomic mass is 10.1. The van der Waals surface area contributed by atoms with Crippen molar-refractivity contribution in [2.45, 2.75) is 13.3 Å². The van der Waals surface area contributed by atoms with Gasteiger partial charge in [-0.2, -0.15) is 0 Å². The van der Waals surface area contributed by atoms with Gasteiger partial charge in [-0.05, 0) is 25.1 Å². The molecule has 3 aromatic rings. The molecule has 1 aliphatic heterocycles. The molecule has 0 fully saturated rings. The van der Waals surface area contributed by atoms with Crippen molar-refractivity contribution in [3.05, 3.63) is 69.1 Å². The number of para-hydroxylation sites is 1. The number of anilines is 1. The van der Waals surface area contributed by atoms with Gasteiger partial charge in [0, 0.05) is 30.0 Å². The Hall–Kier alpha value is -4.12. The first kappa shape index (κ1) is 22.1. The Balaban J connectivity index is 1.41. The van der Waals surface area contributed by atoms with Gasteiger partial charge in [0.15, 0.2) is 5.13 Å². The quantitative estimate of drug-likeness (QED) is 0.304. The van der Waals surface area contributed by atoms with Gasteiger partial charge < -0.3 is 10.1 Å². The van der Waals surface area contributed by atoms with Gasteiger partial charge in [0.1, 0.15) is 11.3 Å². The number of thiazole rings is 1. The molecule has 1 aliphatic rings. The first-order valence-corrected chi connectivity index (χ1v) is 10.9. The van der Waals surface area contributed by atoms with E-state index in [1.807, 2.05) is 31.2 Å². The summed E-state index contributed by atoms with van der Waals surface area (Å²) in [5.41, 5.74) is 0.730. The van der Waals surface area contributed by atoms with E-state index in [9.17, 15) is 24.5 Å². The van der Waals surface area contributed by atoms with E-state index < -0.39 is 28.3 Å². The summed E-state index contributed by atoms with van der Waals surface area (Å²) in [6.07, 6.45) is -0.177. The largest absolute Gasteiger partial charge is 0.493 e. The van der Waals surface area contributed by atoms with Crippen LogP contribution in [0.25, 0.3) is 11.3 Å². The molecular formula is C22H18N4O6S. The SMILES string of the molecule is CCOc1ccccc1-c1csc(NC(=O)CCN2C(=O)c3cccc([N+](=O)[O-])c3C2=O)n1. The average molecular weight is 466 g/mol. The molecule has 0 saturated carbocycles. The van der Waals surface area contributed by atoms with Crippen LogP contribution in [-0.4, -0.2) is 45.7 Å². The third kappa shape index (κ3) is 4.30. The number of nitro benzene ring substituents is 1. The maximum atomic E-state index is 12.6. The molecule has 0 spiro atoms. The maximum absolute atomic E-state index is 12.6. The molecule has 0 unspecified atom stereocenters. The normalized spacial score (nSPS) is 12.6. The van der Waals surface area contributed by atoms with Crippen LogP contribution >= 0.6 is 11.3 Å². The van der Waals surface area contributed by atoms with Crippen LogP contribution in [0, 0.1) is 10.1 Å². The minimum absolute atomic E-state index is 0.0351. The molecule has 11 heteroatoms. The van der Waals surface area contributed by atoms with E-state index in [1.54, 1.807) is 5.38 Å². The zero-order valence-electron chi connectivity index (χ0n) is 17.4. The van der Waals surface area contributed by atoms with E-state index in [0.29, 0.717) is 23.2 Å². The standard InChI is InChI=1S/C22H18N4O6S/c1-2-32-17-9-4-3-6-13(17)15-12-33-22(23-15)24-18(27)10-11-25-20(28)14-7-5-8-16(26(30)31)19(14)21(25)29/h3-9,12H,2,10-11H2,1H3,(H,23,24,27). The van der Waals surface area contributed by atoms with Gasteiger partial charge in [-0.15, -0.1) is 11.3 Å². The molecule has 0 bridgehead atoms. The Bertz CT molecular complexity index is 1270. The fourth-order valence-corrected chi connectivity index (χ4v) is 4.21. The van der Waals surface area contributed by atoms with Gasteiger partial charge in [-0.1, -0.05) is 18.2 Å². The lowest BCUT2D eigenvalue weighted by Crippen LogP contribution is -2.33. The van der Waals surface area contributed by atoms with E-state index >= 15 is 0 Å². The van der Waals surface area contributed by atoms with E-state index in [0.717, 1.165) is 10.5 Å². The van der Waals surface area contributed by atoms with Crippen LogP contribution in [-0.2, 0) is 4.79 Å². The molecule has 2 aromatic carbocycles. The van der Waals surface area contributed by atoms with Crippen molar-refractivity contribution in [2.75, 3.05) is 18.5 Å². The zero-order chi connectivity index (χ0) is 23.5. The van der Waals surface area contributed by atoms with Crippen molar-refractivity contribution in [2.24, 2.45) is 0 Å². The van der Waals surface area contributed by atoms with Crippen molar-refractivity contribution in [3.8, 4) is 17.0 Å². The van der Waals surface area contributed by atoms with Gasteiger partial charge in [-0.3, -0.25) is 29.4 Å².